The zero-order chi connectivity index (χ0) is 19.2. The first-order chi connectivity index (χ1) is 13.0. The Kier molecular flexibility index (Phi) is 6.57. The highest BCUT2D eigenvalue weighted by Crippen LogP contribution is 2.24. The molecule has 4 heteroatoms. The summed E-state index contributed by atoms with van der Waals surface area (Å²) >= 11 is 5.87. The number of hydrogen-bond donors (Lipinski definition) is 1. The summed E-state index contributed by atoms with van der Waals surface area (Å²) in [6, 6.07) is 15.9. The number of anilines is 1. The zero-order valence-electron chi connectivity index (χ0n) is 16.0. The average Bonchev–Trinajstić information content (AvgIpc) is 2.67. The molecule has 2 aromatic carbocycles. The molecule has 1 N–H and O–H groups in total. The van der Waals surface area contributed by atoms with Gasteiger partial charge < -0.3 is 10.2 Å². The molecule has 0 aliphatic carbocycles. The summed E-state index contributed by atoms with van der Waals surface area (Å²) in [5, 5.41) is 3.71. The van der Waals surface area contributed by atoms with Crippen LogP contribution in [0.1, 0.15) is 43.9 Å². The SMILES string of the molecule is CC1CCCN(c2ccc(C(C)NC(=O)/C=C/c3ccc(Cl)cc3)cc2)C1. The second-order valence-corrected chi connectivity index (χ2v) is 7.84. The highest BCUT2D eigenvalue weighted by atomic mass is 35.5. The van der Waals surface area contributed by atoms with Crippen molar-refractivity contribution in [2.24, 2.45) is 5.92 Å². The minimum absolute atomic E-state index is 0.0401. The Balaban J connectivity index is 1.56. The standard InChI is InChI=1S/C23H27ClN2O/c1-17-4-3-15-26(16-17)22-12-8-20(9-13-22)18(2)25-23(27)14-7-19-5-10-21(24)11-6-19/h5-14,17-18H,3-4,15-16H2,1-2H3,(H,25,27)/b14-7+. The fourth-order valence-electron chi connectivity index (χ4n) is 3.49. The van der Waals surface area contributed by atoms with E-state index >= 15 is 0 Å². The molecule has 0 aromatic heterocycles. The van der Waals surface area contributed by atoms with Gasteiger partial charge in [0, 0.05) is 29.9 Å². The fraction of sp³-hybridized carbons (Fsp3) is 0.348. The van der Waals surface area contributed by atoms with Crippen LogP contribution >= 0.6 is 11.6 Å². The zero-order valence-corrected chi connectivity index (χ0v) is 16.7. The monoisotopic (exact) mass is 382 g/mol. The molecule has 3 nitrogen and oxygen atoms in total. The van der Waals surface area contributed by atoms with Crippen molar-refractivity contribution in [2.75, 3.05) is 18.0 Å². The van der Waals surface area contributed by atoms with Crippen molar-refractivity contribution in [1.29, 1.82) is 0 Å². The van der Waals surface area contributed by atoms with Crippen LogP contribution < -0.4 is 10.2 Å². The van der Waals surface area contributed by atoms with E-state index < -0.39 is 0 Å². The molecule has 0 radical (unpaired) electrons. The third-order valence-corrected chi connectivity index (χ3v) is 5.32. The molecule has 1 aliphatic heterocycles. The van der Waals surface area contributed by atoms with Crippen molar-refractivity contribution in [3.05, 3.63) is 70.8 Å². The first-order valence-corrected chi connectivity index (χ1v) is 9.98. The summed E-state index contributed by atoms with van der Waals surface area (Å²) in [5.74, 6) is 0.649. The number of benzene rings is 2. The molecule has 142 valence electrons. The smallest absolute Gasteiger partial charge is 0.244 e. The van der Waals surface area contributed by atoms with Gasteiger partial charge in [-0.05, 0) is 67.2 Å². The van der Waals surface area contributed by atoms with E-state index in [1.807, 2.05) is 31.2 Å². The van der Waals surface area contributed by atoms with Crippen LogP contribution in [-0.4, -0.2) is 19.0 Å². The van der Waals surface area contributed by atoms with Gasteiger partial charge in [-0.15, -0.1) is 0 Å². The minimum atomic E-state index is -0.105. The molecule has 0 bridgehead atoms. The highest BCUT2D eigenvalue weighted by Gasteiger charge is 2.17. The molecule has 3 rings (SSSR count). The molecule has 1 amide bonds. The van der Waals surface area contributed by atoms with E-state index in [0.717, 1.165) is 30.1 Å². The first kappa shape index (κ1) is 19.5. The molecule has 2 aromatic rings. The predicted octanol–water partition coefficient (Wildman–Crippen LogP) is 5.47. The maximum Gasteiger partial charge on any atom is 0.244 e. The van der Waals surface area contributed by atoms with Gasteiger partial charge in [0.15, 0.2) is 0 Å². The van der Waals surface area contributed by atoms with E-state index in [2.05, 4.69) is 41.4 Å². The van der Waals surface area contributed by atoms with Gasteiger partial charge in [0.05, 0.1) is 6.04 Å². The van der Waals surface area contributed by atoms with E-state index in [0.29, 0.717) is 5.02 Å². The molecule has 27 heavy (non-hydrogen) atoms. The number of nitrogens with zero attached hydrogens (tertiary/aromatic N) is 1. The maximum atomic E-state index is 12.2. The largest absolute Gasteiger partial charge is 0.371 e. The molecule has 1 saturated heterocycles. The molecule has 2 unspecified atom stereocenters. The molecule has 0 saturated carbocycles. The van der Waals surface area contributed by atoms with Crippen molar-refractivity contribution in [1.82, 2.24) is 5.32 Å². The van der Waals surface area contributed by atoms with Gasteiger partial charge >= 0.3 is 0 Å². The number of hydrogen-bond acceptors (Lipinski definition) is 2. The normalized spacial score (nSPS) is 18.5. The minimum Gasteiger partial charge on any atom is -0.371 e. The lowest BCUT2D eigenvalue weighted by atomic mass is 9.99. The Morgan fingerprint density at radius 1 is 1.19 bits per heavy atom. The number of amides is 1. The van der Waals surface area contributed by atoms with Crippen LogP contribution in [0, 0.1) is 5.92 Å². The molecule has 2 atom stereocenters. The van der Waals surface area contributed by atoms with E-state index in [9.17, 15) is 4.79 Å². The van der Waals surface area contributed by atoms with Gasteiger partial charge in [-0.3, -0.25) is 4.79 Å². The van der Waals surface area contributed by atoms with E-state index in [4.69, 9.17) is 11.6 Å². The number of halogens is 1. The predicted molar refractivity (Wildman–Crippen MR) is 114 cm³/mol. The molecule has 1 fully saturated rings. The summed E-state index contributed by atoms with van der Waals surface area (Å²) in [4.78, 5) is 14.6. The Hall–Kier alpha value is -2.26. The van der Waals surface area contributed by atoms with Crippen LogP contribution in [0.15, 0.2) is 54.6 Å². The number of nitrogens with one attached hydrogen (secondary N) is 1. The molecule has 0 spiro atoms. The van der Waals surface area contributed by atoms with E-state index in [1.54, 1.807) is 12.2 Å². The van der Waals surface area contributed by atoms with Crippen molar-refractivity contribution < 1.29 is 4.79 Å². The summed E-state index contributed by atoms with van der Waals surface area (Å²) in [5.41, 5.74) is 3.32. The average molecular weight is 383 g/mol. The lowest BCUT2D eigenvalue weighted by molar-refractivity contribution is -0.117. The number of carbonyl (C=O) groups is 1. The van der Waals surface area contributed by atoms with Crippen molar-refractivity contribution in [3.63, 3.8) is 0 Å². The van der Waals surface area contributed by atoms with Crippen molar-refractivity contribution in [3.8, 4) is 0 Å². The van der Waals surface area contributed by atoms with Gasteiger partial charge in [0.25, 0.3) is 0 Å². The van der Waals surface area contributed by atoms with Gasteiger partial charge in [-0.2, -0.15) is 0 Å². The Bertz CT molecular complexity index is 783. The lowest BCUT2D eigenvalue weighted by Gasteiger charge is -2.33. The Morgan fingerprint density at radius 3 is 2.56 bits per heavy atom. The summed E-state index contributed by atoms with van der Waals surface area (Å²) < 4.78 is 0. The van der Waals surface area contributed by atoms with Crippen molar-refractivity contribution in [2.45, 2.75) is 32.7 Å². The van der Waals surface area contributed by atoms with Gasteiger partial charge in [-0.1, -0.05) is 42.8 Å². The second kappa shape index (κ2) is 9.09. The van der Waals surface area contributed by atoms with Crippen LogP contribution in [0.25, 0.3) is 6.08 Å². The number of piperidine rings is 1. The topological polar surface area (TPSA) is 32.3 Å². The molecular formula is C23H27ClN2O. The van der Waals surface area contributed by atoms with Crippen molar-refractivity contribution >= 4 is 29.3 Å². The summed E-state index contributed by atoms with van der Waals surface area (Å²) in [6.07, 6.45) is 5.93. The fourth-order valence-corrected chi connectivity index (χ4v) is 3.61. The summed E-state index contributed by atoms with van der Waals surface area (Å²) in [7, 11) is 0. The van der Waals surface area contributed by atoms with Gasteiger partial charge in [0.2, 0.25) is 5.91 Å². The van der Waals surface area contributed by atoms with Crippen LogP contribution in [0.2, 0.25) is 5.02 Å². The van der Waals surface area contributed by atoms with Gasteiger partial charge in [0.1, 0.15) is 0 Å². The Morgan fingerprint density at radius 2 is 1.89 bits per heavy atom. The van der Waals surface area contributed by atoms with Crippen LogP contribution in [0.5, 0.6) is 0 Å². The Labute approximate surface area is 167 Å². The van der Waals surface area contributed by atoms with Gasteiger partial charge in [-0.25, -0.2) is 0 Å². The molecule has 1 aliphatic rings. The lowest BCUT2D eigenvalue weighted by Crippen LogP contribution is -2.34. The summed E-state index contributed by atoms with van der Waals surface area (Å²) in [6.45, 7) is 6.58. The van der Waals surface area contributed by atoms with E-state index in [1.165, 1.54) is 18.5 Å². The number of carbonyl (C=O) groups excluding carboxylic acids is 1. The quantitative estimate of drug-likeness (QED) is 0.695. The third-order valence-electron chi connectivity index (χ3n) is 5.07. The third kappa shape index (κ3) is 5.61. The van der Waals surface area contributed by atoms with Crippen LogP contribution in [-0.2, 0) is 4.79 Å². The maximum absolute atomic E-state index is 12.2. The first-order valence-electron chi connectivity index (χ1n) is 9.60. The molecule has 1 heterocycles. The second-order valence-electron chi connectivity index (χ2n) is 7.40. The number of rotatable bonds is 5. The highest BCUT2D eigenvalue weighted by molar-refractivity contribution is 6.30. The van der Waals surface area contributed by atoms with Crippen LogP contribution in [0.4, 0.5) is 5.69 Å². The van der Waals surface area contributed by atoms with Crippen LogP contribution in [0.3, 0.4) is 0 Å². The molecular weight excluding hydrogens is 356 g/mol. The van der Waals surface area contributed by atoms with E-state index in [-0.39, 0.29) is 11.9 Å².